The molecule has 0 aromatic carbocycles. The Morgan fingerprint density at radius 3 is 1.29 bits per heavy atom. The van der Waals surface area contributed by atoms with Gasteiger partial charge < -0.3 is 64.2 Å². The summed E-state index contributed by atoms with van der Waals surface area (Å²) >= 11 is 0. The van der Waals surface area contributed by atoms with Crippen molar-refractivity contribution in [1.29, 1.82) is 0 Å². The van der Waals surface area contributed by atoms with Gasteiger partial charge >= 0.3 is 5.97 Å². The van der Waals surface area contributed by atoms with Crippen molar-refractivity contribution < 1.29 is 69.0 Å². The first-order valence-corrected chi connectivity index (χ1v) is 28.1. The van der Waals surface area contributed by atoms with E-state index in [9.17, 15) is 40.5 Å². The lowest BCUT2D eigenvalue weighted by atomic mass is 9.98. The molecule has 426 valence electrons. The maximum atomic E-state index is 13.1. The van der Waals surface area contributed by atoms with Crippen LogP contribution >= 0.6 is 0 Å². The van der Waals surface area contributed by atoms with Crippen molar-refractivity contribution >= 4 is 5.97 Å². The van der Waals surface area contributed by atoms with Gasteiger partial charge in [-0.25, -0.2) is 0 Å². The predicted octanol–water partition coefficient (Wildman–Crippen LogP) is 9.74. The topological polar surface area (TPSA) is 214 Å². The molecule has 2 fully saturated rings. The van der Waals surface area contributed by atoms with Crippen molar-refractivity contribution in [3.05, 3.63) is 122 Å². The normalized spacial score (nSPS) is 25.6. The van der Waals surface area contributed by atoms with Gasteiger partial charge in [0.05, 0.1) is 26.4 Å². The summed E-state index contributed by atoms with van der Waals surface area (Å²) in [4.78, 5) is 13.1. The molecule has 2 heterocycles. The Morgan fingerprint density at radius 1 is 0.440 bits per heavy atom. The Morgan fingerprint density at radius 2 is 0.827 bits per heavy atom. The summed E-state index contributed by atoms with van der Waals surface area (Å²) in [6.07, 6.45) is 48.2. The molecule has 11 unspecified atom stereocenters. The number of rotatable bonds is 43. The Labute approximate surface area is 450 Å². The van der Waals surface area contributed by atoms with Crippen molar-refractivity contribution in [2.24, 2.45) is 0 Å². The summed E-state index contributed by atoms with van der Waals surface area (Å²) < 4.78 is 34.3. The monoisotopic (exact) mass is 1050 g/mol. The maximum Gasteiger partial charge on any atom is 0.306 e. The van der Waals surface area contributed by atoms with Gasteiger partial charge in [0.2, 0.25) is 0 Å². The van der Waals surface area contributed by atoms with Gasteiger partial charge in [0.15, 0.2) is 12.6 Å². The zero-order valence-electron chi connectivity index (χ0n) is 45.5. The van der Waals surface area contributed by atoms with Crippen LogP contribution in [0.3, 0.4) is 0 Å². The fourth-order valence-electron chi connectivity index (χ4n) is 7.98. The van der Waals surface area contributed by atoms with Gasteiger partial charge in [-0.15, -0.1) is 0 Å². The van der Waals surface area contributed by atoms with Crippen molar-refractivity contribution in [3.8, 4) is 0 Å². The summed E-state index contributed by atoms with van der Waals surface area (Å²) in [6, 6.07) is 0. The van der Waals surface area contributed by atoms with E-state index in [1.54, 1.807) is 0 Å². The Balaban J connectivity index is 1.76. The average Bonchev–Trinajstić information content (AvgIpc) is 3.41. The van der Waals surface area contributed by atoms with Crippen LogP contribution in [0.4, 0.5) is 0 Å². The van der Waals surface area contributed by atoms with Crippen LogP contribution in [0.25, 0.3) is 0 Å². The number of aliphatic hydroxyl groups is 7. The molecule has 0 saturated carbocycles. The van der Waals surface area contributed by atoms with E-state index in [0.717, 1.165) is 128 Å². The number of aliphatic hydroxyl groups excluding tert-OH is 7. The Kier molecular flexibility index (Phi) is 41.8. The number of esters is 1. The average molecular weight is 1060 g/mol. The van der Waals surface area contributed by atoms with Crippen LogP contribution in [0.2, 0.25) is 0 Å². The minimum Gasteiger partial charge on any atom is -0.457 e. The largest absolute Gasteiger partial charge is 0.457 e. The van der Waals surface area contributed by atoms with Gasteiger partial charge in [-0.05, 0) is 103 Å². The number of hydrogen-bond acceptors (Lipinski definition) is 14. The van der Waals surface area contributed by atoms with E-state index >= 15 is 0 Å². The van der Waals surface area contributed by atoms with Crippen LogP contribution < -0.4 is 0 Å². The summed E-state index contributed by atoms with van der Waals surface area (Å²) in [6.45, 7) is 3.35. The molecule has 2 rings (SSSR count). The van der Waals surface area contributed by atoms with Crippen molar-refractivity contribution in [1.82, 2.24) is 0 Å². The van der Waals surface area contributed by atoms with Crippen LogP contribution in [0.5, 0.6) is 0 Å². The fraction of sp³-hybridized carbons (Fsp3) is 0.656. The molecule has 0 aromatic rings. The molecule has 0 amide bonds. The second kappa shape index (κ2) is 46.5. The highest BCUT2D eigenvalue weighted by molar-refractivity contribution is 5.69. The second-order valence-electron chi connectivity index (χ2n) is 19.0. The maximum absolute atomic E-state index is 13.1. The number of carbonyl (C=O) groups excluding carboxylic acids is 1. The minimum absolute atomic E-state index is 0.0285. The van der Waals surface area contributed by atoms with Crippen molar-refractivity contribution in [2.45, 2.75) is 223 Å². The Hall–Kier alpha value is -3.61. The van der Waals surface area contributed by atoms with Gasteiger partial charge in [0.1, 0.15) is 54.9 Å². The van der Waals surface area contributed by atoms with Crippen molar-refractivity contribution in [3.63, 3.8) is 0 Å². The van der Waals surface area contributed by atoms with E-state index in [1.165, 1.54) is 0 Å². The SMILES string of the molecule is CC/C=C\C/C=C\C/C=C\C/C=C\C/C=C\CCCCCCCCOCC(COC1OC(COC2OC(CO)C(O)C(O)C2O)C(O)C(O)C1O)OC(=O)CCCCC/C=C\C/C=C\C/C=C\C/C=C\C/C=C\CC. The third-order valence-corrected chi connectivity index (χ3v) is 12.5. The molecule has 2 aliphatic heterocycles. The summed E-state index contributed by atoms with van der Waals surface area (Å²) in [7, 11) is 0. The first-order valence-electron chi connectivity index (χ1n) is 28.1. The lowest BCUT2D eigenvalue weighted by Crippen LogP contribution is -2.61. The van der Waals surface area contributed by atoms with E-state index in [2.05, 4.69) is 135 Å². The number of hydrogen-bond donors (Lipinski definition) is 7. The smallest absolute Gasteiger partial charge is 0.306 e. The Bertz CT molecular complexity index is 1700. The van der Waals surface area contributed by atoms with Crippen molar-refractivity contribution in [2.75, 3.05) is 33.0 Å². The molecule has 0 aromatic heterocycles. The molecule has 0 aliphatic carbocycles. The van der Waals surface area contributed by atoms with Gasteiger partial charge in [-0.2, -0.15) is 0 Å². The van der Waals surface area contributed by atoms with E-state index in [0.29, 0.717) is 13.0 Å². The zero-order valence-corrected chi connectivity index (χ0v) is 45.5. The van der Waals surface area contributed by atoms with Crippen LogP contribution in [0.1, 0.15) is 155 Å². The van der Waals surface area contributed by atoms with Crippen LogP contribution in [0, 0.1) is 0 Å². The lowest BCUT2D eigenvalue weighted by molar-refractivity contribution is -0.332. The molecule has 2 aliphatic rings. The standard InChI is InChI=1S/C61H98O14/c1-3-5-7-9-11-13-15-17-19-21-23-24-25-27-29-31-33-35-37-39-41-43-45-70-47-50(73-53(63)44-42-40-38-36-34-32-30-28-26-22-20-18-16-14-12-10-8-6-4-2)48-71-60-59(69)57(67)55(65)52(75-60)49-72-61-58(68)56(66)54(64)51(46-62)74-61/h5-8,11-14,17-20,23-24,26-29,32,34,50-52,54-62,64-69H,3-4,9-10,15-16,21-22,25,30-31,33,35-49H2,1-2H3/b7-5-,8-6-,13-11-,14-12-,19-17-,20-18-,24-23-,28-26-,29-27-,34-32-. The van der Waals surface area contributed by atoms with Gasteiger partial charge in [-0.3, -0.25) is 4.79 Å². The molecule has 7 N–H and O–H groups in total. The highest BCUT2D eigenvalue weighted by Gasteiger charge is 2.47. The van der Waals surface area contributed by atoms with E-state index in [-0.39, 0.29) is 19.6 Å². The molecule has 14 heteroatoms. The molecule has 14 nitrogen and oxygen atoms in total. The van der Waals surface area contributed by atoms with Gasteiger partial charge in [0.25, 0.3) is 0 Å². The fourth-order valence-corrected chi connectivity index (χ4v) is 7.98. The zero-order chi connectivity index (χ0) is 54.4. The van der Waals surface area contributed by atoms with Crippen LogP contribution in [-0.4, -0.2) is 142 Å². The molecular weight excluding hydrogens is 957 g/mol. The highest BCUT2D eigenvalue weighted by atomic mass is 16.7. The van der Waals surface area contributed by atoms with Gasteiger partial charge in [-0.1, -0.05) is 167 Å². The minimum atomic E-state index is -1.72. The number of ether oxygens (including phenoxy) is 6. The first kappa shape index (κ1) is 67.5. The quantitative estimate of drug-likeness (QED) is 0.0172. The highest BCUT2D eigenvalue weighted by Crippen LogP contribution is 2.26. The number of carbonyl (C=O) groups is 1. The second-order valence-corrected chi connectivity index (χ2v) is 19.0. The van der Waals surface area contributed by atoms with E-state index in [1.807, 2.05) is 0 Å². The molecule has 11 atom stereocenters. The molecular formula is C61H98O14. The predicted molar refractivity (Wildman–Crippen MR) is 297 cm³/mol. The molecule has 0 spiro atoms. The molecule has 0 bridgehead atoms. The van der Waals surface area contributed by atoms with Crippen LogP contribution in [-0.2, 0) is 33.2 Å². The van der Waals surface area contributed by atoms with E-state index < -0.39 is 86.7 Å². The number of unbranched alkanes of at least 4 members (excludes halogenated alkanes) is 9. The molecule has 75 heavy (non-hydrogen) atoms. The van der Waals surface area contributed by atoms with E-state index in [4.69, 9.17) is 28.4 Å². The van der Waals surface area contributed by atoms with Gasteiger partial charge in [0, 0.05) is 13.0 Å². The first-order chi connectivity index (χ1) is 36.6. The molecule has 2 saturated heterocycles. The molecule has 0 radical (unpaired) electrons. The number of allylic oxidation sites excluding steroid dienone is 20. The summed E-state index contributed by atoms with van der Waals surface area (Å²) in [5.41, 5.74) is 0. The summed E-state index contributed by atoms with van der Waals surface area (Å²) in [5.74, 6) is -0.418. The summed E-state index contributed by atoms with van der Waals surface area (Å²) in [5, 5.41) is 72.3. The lowest BCUT2D eigenvalue weighted by Gasteiger charge is -2.42. The van der Waals surface area contributed by atoms with Crippen LogP contribution in [0.15, 0.2) is 122 Å². The third kappa shape index (κ3) is 33.3. The third-order valence-electron chi connectivity index (χ3n) is 12.5.